The molecule has 0 radical (unpaired) electrons. The SMILES string of the molecule is Cc1cc(C)c(OCC2Cc3ccccc3O2)c(N)c1. The normalized spacial score (nSPS) is 16.6. The van der Waals surface area contributed by atoms with E-state index in [2.05, 4.69) is 12.1 Å². The summed E-state index contributed by atoms with van der Waals surface area (Å²) < 4.78 is 11.8. The van der Waals surface area contributed by atoms with E-state index in [0.717, 1.165) is 29.0 Å². The van der Waals surface area contributed by atoms with Gasteiger partial charge < -0.3 is 15.2 Å². The minimum atomic E-state index is 0.0625. The van der Waals surface area contributed by atoms with E-state index in [4.69, 9.17) is 15.2 Å². The molecule has 0 bridgehead atoms. The van der Waals surface area contributed by atoms with E-state index in [1.54, 1.807) is 0 Å². The van der Waals surface area contributed by atoms with Crippen molar-refractivity contribution >= 4 is 5.69 Å². The average molecular weight is 269 g/mol. The molecule has 104 valence electrons. The lowest BCUT2D eigenvalue weighted by atomic mass is 10.1. The molecule has 0 fully saturated rings. The van der Waals surface area contributed by atoms with Crippen molar-refractivity contribution in [1.82, 2.24) is 0 Å². The highest BCUT2D eigenvalue weighted by atomic mass is 16.5. The van der Waals surface area contributed by atoms with Crippen LogP contribution in [0.5, 0.6) is 11.5 Å². The largest absolute Gasteiger partial charge is 0.487 e. The second kappa shape index (κ2) is 5.08. The second-order valence-corrected chi connectivity index (χ2v) is 5.36. The molecule has 2 N–H and O–H groups in total. The molecule has 0 saturated carbocycles. The van der Waals surface area contributed by atoms with Crippen LogP contribution in [0.4, 0.5) is 5.69 Å². The minimum Gasteiger partial charge on any atom is -0.487 e. The number of hydrogen-bond donors (Lipinski definition) is 1. The Morgan fingerprint density at radius 2 is 2.05 bits per heavy atom. The Balaban J connectivity index is 1.67. The van der Waals surface area contributed by atoms with E-state index in [1.165, 1.54) is 5.56 Å². The first kappa shape index (κ1) is 12.9. The number of benzene rings is 2. The maximum atomic E-state index is 6.03. The first-order chi connectivity index (χ1) is 9.63. The molecule has 2 aromatic carbocycles. The molecular weight excluding hydrogens is 250 g/mol. The van der Waals surface area contributed by atoms with E-state index >= 15 is 0 Å². The minimum absolute atomic E-state index is 0.0625. The van der Waals surface area contributed by atoms with Gasteiger partial charge in [0.05, 0.1) is 5.69 Å². The summed E-state index contributed by atoms with van der Waals surface area (Å²) in [5.41, 5.74) is 10.2. The van der Waals surface area contributed by atoms with Crippen molar-refractivity contribution in [2.75, 3.05) is 12.3 Å². The molecule has 1 aliphatic rings. The van der Waals surface area contributed by atoms with Crippen LogP contribution in [0.15, 0.2) is 36.4 Å². The Morgan fingerprint density at radius 1 is 1.25 bits per heavy atom. The number of fused-ring (bicyclic) bond motifs is 1. The van der Waals surface area contributed by atoms with Gasteiger partial charge in [-0.2, -0.15) is 0 Å². The number of para-hydroxylation sites is 1. The Hall–Kier alpha value is -2.16. The van der Waals surface area contributed by atoms with Crippen LogP contribution in [0, 0.1) is 13.8 Å². The molecule has 1 unspecified atom stereocenters. The van der Waals surface area contributed by atoms with Crippen molar-refractivity contribution < 1.29 is 9.47 Å². The highest BCUT2D eigenvalue weighted by Crippen LogP contribution is 2.31. The van der Waals surface area contributed by atoms with Gasteiger partial charge in [0, 0.05) is 6.42 Å². The van der Waals surface area contributed by atoms with Crippen molar-refractivity contribution in [3.63, 3.8) is 0 Å². The molecule has 3 rings (SSSR count). The molecule has 1 heterocycles. The lowest BCUT2D eigenvalue weighted by molar-refractivity contribution is 0.148. The highest BCUT2D eigenvalue weighted by molar-refractivity contribution is 5.58. The zero-order chi connectivity index (χ0) is 14.1. The fraction of sp³-hybridized carbons (Fsp3) is 0.294. The molecule has 0 spiro atoms. The van der Waals surface area contributed by atoms with Gasteiger partial charge in [0.1, 0.15) is 24.2 Å². The first-order valence-electron chi connectivity index (χ1n) is 6.87. The zero-order valence-corrected chi connectivity index (χ0v) is 11.8. The van der Waals surface area contributed by atoms with Gasteiger partial charge in [0.25, 0.3) is 0 Å². The molecule has 0 aromatic heterocycles. The summed E-state index contributed by atoms with van der Waals surface area (Å²) in [6, 6.07) is 12.1. The van der Waals surface area contributed by atoms with Gasteiger partial charge in [-0.25, -0.2) is 0 Å². The summed E-state index contributed by atoms with van der Waals surface area (Å²) in [4.78, 5) is 0. The summed E-state index contributed by atoms with van der Waals surface area (Å²) in [6.45, 7) is 4.57. The third kappa shape index (κ3) is 2.44. The smallest absolute Gasteiger partial charge is 0.145 e. The Labute approximate surface area is 119 Å². The van der Waals surface area contributed by atoms with Crippen LogP contribution < -0.4 is 15.2 Å². The predicted molar refractivity (Wildman–Crippen MR) is 80.4 cm³/mol. The average Bonchev–Trinajstić information content (AvgIpc) is 2.80. The van der Waals surface area contributed by atoms with Crippen LogP contribution in [-0.2, 0) is 6.42 Å². The number of aryl methyl sites for hydroxylation is 2. The summed E-state index contributed by atoms with van der Waals surface area (Å²) >= 11 is 0. The van der Waals surface area contributed by atoms with Crippen LogP contribution in [-0.4, -0.2) is 12.7 Å². The molecule has 3 nitrogen and oxygen atoms in total. The van der Waals surface area contributed by atoms with Gasteiger partial charge >= 0.3 is 0 Å². The summed E-state index contributed by atoms with van der Waals surface area (Å²) in [6.07, 6.45) is 0.952. The van der Waals surface area contributed by atoms with Crippen LogP contribution in [0.25, 0.3) is 0 Å². The number of ether oxygens (including phenoxy) is 2. The third-order valence-electron chi connectivity index (χ3n) is 3.58. The Kier molecular flexibility index (Phi) is 3.26. The lowest BCUT2D eigenvalue weighted by Gasteiger charge is -2.16. The van der Waals surface area contributed by atoms with Crippen LogP contribution in [0.1, 0.15) is 16.7 Å². The lowest BCUT2D eigenvalue weighted by Crippen LogP contribution is -2.23. The van der Waals surface area contributed by atoms with E-state index < -0.39 is 0 Å². The van der Waals surface area contributed by atoms with Gasteiger partial charge in [0.15, 0.2) is 0 Å². The zero-order valence-electron chi connectivity index (χ0n) is 11.8. The maximum absolute atomic E-state index is 6.03. The Morgan fingerprint density at radius 3 is 2.80 bits per heavy atom. The van der Waals surface area contributed by atoms with E-state index in [0.29, 0.717) is 12.3 Å². The fourth-order valence-corrected chi connectivity index (χ4v) is 2.71. The molecule has 1 atom stereocenters. The highest BCUT2D eigenvalue weighted by Gasteiger charge is 2.23. The molecule has 1 aliphatic heterocycles. The molecule has 20 heavy (non-hydrogen) atoms. The number of anilines is 1. The van der Waals surface area contributed by atoms with Gasteiger partial charge in [-0.15, -0.1) is 0 Å². The number of hydrogen-bond acceptors (Lipinski definition) is 3. The maximum Gasteiger partial charge on any atom is 0.145 e. The first-order valence-corrected chi connectivity index (χ1v) is 6.87. The van der Waals surface area contributed by atoms with Crippen molar-refractivity contribution in [2.24, 2.45) is 0 Å². The summed E-state index contributed by atoms with van der Waals surface area (Å²) in [5, 5.41) is 0. The van der Waals surface area contributed by atoms with Crippen molar-refractivity contribution in [1.29, 1.82) is 0 Å². The molecule has 0 saturated heterocycles. The second-order valence-electron chi connectivity index (χ2n) is 5.36. The van der Waals surface area contributed by atoms with E-state index in [-0.39, 0.29) is 6.10 Å². The molecular formula is C17H19NO2. The third-order valence-corrected chi connectivity index (χ3v) is 3.58. The van der Waals surface area contributed by atoms with E-state index in [1.807, 2.05) is 38.1 Å². The van der Waals surface area contributed by atoms with Gasteiger partial charge in [-0.1, -0.05) is 24.3 Å². The predicted octanol–water partition coefficient (Wildman–Crippen LogP) is 3.27. The number of rotatable bonds is 3. The van der Waals surface area contributed by atoms with Crippen molar-refractivity contribution in [2.45, 2.75) is 26.4 Å². The van der Waals surface area contributed by atoms with Gasteiger partial charge in [-0.05, 0) is 42.7 Å². The molecule has 3 heteroatoms. The fourth-order valence-electron chi connectivity index (χ4n) is 2.71. The van der Waals surface area contributed by atoms with Crippen LogP contribution in [0.3, 0.4) is 0 Å². The van der Waals surface area contributed by atoms with Gasteiger partial charge in [-0.3, -0.25) is 0 Å². The van der Waals surface area contributed by atoms with Gasteiger partial charge in [0.2, 0.25) is 0 Å². The molecule has 0 aliphatic carbocycles. The standard InChI is InChI=1S/C17H19NO2/c1-11-7-12(2)17(15(18)8-11)19-10-14-9-13-5-3-4-6-16(13)20-14/h3-8,14H,9-10,18H2,1-2H3. The quantitative estimate of drug-likeness (QED) is 0.870. The monoisotopic (exact) mass is 269 g/mol. The Bertz CT molecular complexity index is 589. The summed E-state index contributed by atoms with van der Waals surface area (Å²) in [7, 11) is 0. The topological polar surface area (TPSA) is 44.5 Å². The van der Waals surface area contributed by atoms with Crippen LogP contribution in [0.2, 0.25) is 0 Å². The number of nitrogens with two attached hydrogens (primary N) is 1. The van der Waals surface area contributed by atoms with Crippen molar-refractivity contribution in [3.05, 3.63) is 53.1 Å². The van der Waals surface area contributed by atoms with E-state index in [9.17, 15) is 0 Å². The molecule has 0 amide bonds. The molecule has 2 aromatic rings. The summed E-state index contributed by atoms with van der Waals surface area (Å²) in [5.74, 6) is 1.74. The van der Waals surface area contributed by atoms with Crippen molar-refractivity contribution in [3.8, 4) is 11.5 Å². The number of nitrogen functional groups attached to an aromatic ring is 1. The van der Waals surface area contributed by atoms with Crippen LogP contribution >= 0.6 is 0 Å².